The highest BCUT2D eigenvalue weighted by Gasteiger charge is 2.28. The van der Waals surface area contributed by atoms with Gasteiger partial charge in [-0.3, -0.25) is 9.59 Å². The highest BCUT2D eigenvalue weighted by molar-refractivity contribution is 5.99. The summed E-state index contributed by atoms with van der Waals surface area (Å²) >= 11 is 0. The molecule has 2 amide bonds. The predicted molar refractivity (Wildman–Crippen MR) is 95.3 cm³/mol. The normalized spacial score (nSPS) is 16.0. The van der Waals surface area contributed by atoms with Crippen LogP contribution in [0.15, 0.2) is 42.5 Å². The van der Waals surface area contributed by atoms with Gasteiger partial charge < -0.3 is 19.7 Å². The van der Waals surface area contributed by atoms with Gasteiger partial charge in [0.2, 0.25) is 5.91 Å². The van der Waals surface area contributed by atoms with Crippen LogP contribution in [0.5, 0.6) is 11.5 Å². The van der Waals surface area contributed by atoms with E-state index in [0.29, 0.717) is 17.1 Å². The maximum Gasteiger partial charge on any atom is 0.267 e. The van der Waals surface area contributed by atoms with Gasteiger partial charge in [0.05, 0.1) is 19.2 Å². The van der Waals surface area contributed by atoms with Gasteiger partial charge >= 0.3 is 0 Å². The van der Waals surface area contributed by atoms with Gasteiger partial charge in [0.15, 0.2) is 6.10 Å². The van der Waals surface area contributed by atoms with E-state index >= 15 is 0 Å². The lowest BCUT2D eigenvalue weighted by Crippen LogP contribution is -2.42. The van der Waals surface area contributed by atoms with Gasteiger partial charge in [-0.1, -0.05) is 6.07 Å². The number of anilines is 2. The second kappa shape index (κ2) is 6.84. The molecular weight excluding hydrogens is 320 g/mol. The molecule has 0 aromatic heterocycles. The SMILES string of the molecule is COc1ccc(NC(=O)Cc2ccc3c(c2)N(C)C(=O)C(C)O3)cc1. The first-order valence-electron chi connectivity index (χ1n) is 7.99. The molecule has 6 heteroatoms. The molecule has 3 rings (SSSR count). The number of hydrogen-bond acceptors (Lipinski definition) is 4. The van der Waals surface area contributed by atoms with Crippen LogP contribution in [0.3, 0.4) is 0 Å². The third kappa shape index (κ3) is 3.57. The van der Waals surface area contributed by atoms with Crippen molar-refractivity contribution in [2.75, 3.05) is 24.4 Å². The van der Waals surface area contributed by atoms with Crippen molar-refractivity contribution in [2.24, 2.45) is 0 Å². The van der Waals surface area contributed by atoms with Gasteiger partial charge in [-0.2, -0.15) is 0 Å². The maximum absolute atomic E-state index is 12.2. The predicted octanol–water partition coefficient (Wildman–Crippen LogP) is 2.62. The number of ether oxygens (including phenoxy) is 2. The maximum atomic E-state index is 12.2. The van der Waals surface area contributed by atoms with Crippen molar-refractivity contribution in [1.29, 1.82) is 0 Å². The van der Waals surface area contributed by atoms with Crippen molar-refractivity contribution in [3.63, 3.8) is 0 Å². The number of nitrogens with one attached hydrogen (secondary N) is 1. The molecule has 130 valence electrons. The summed E-state index contributed by atoms with van der Waals surface area (Å²) in [5, 5.41) is 2.84. The molecule has 0 saturated carbocycles. The van der Waals surface area contributed by atoms with E-state index in [2.05, 4.69) is 5.32 Å². The van der Waals surface area contributed by atoms with Crippen LogP contribution < -0.4 is 19.7 Å². The summed E-state index contributed by atoms with van der Waals surface area (Å²) in [5.74, 6) is 1.14. The number of hydrogen-bond donors (Lipinski definition) is 1. The van der Waals surface area contributed by atoms with Gasteiger partial charge in [0, 0.05) is 12.7 Å². The molecule has 25 heavy (non-hydrogen) atoms. The van der Waals surface area contributed by atoms with E-state index in [1.54, 1.807) is 56.3 Å². The first-order valence-corrected chi connectivity index (χ1v) is 7.99. The van der Waals surface area contributed by atoms with Crippen molar-refractivity contribution in [1.82, 2.24) is 0 Å². The lowest BCUT2D eigenvalue weighted by molar-refractivity contribution is -0.125. The molecule has 6 nitrogen and oxygen atoms in total. The monoisotopic (exact) mass is 340 g/mol. The molecular formula is C19H20N2O4. The van der Waals surface area contributed by atoms with E-state index in [1.165, 1.54) is 0 Å². The van der Waals surface area contributed by atoms with Crippen LogP contribution in [-0.4, -0.2) is 32.1 Å². The van der Waals surface area contributed by atoms with E-state index in [4.69, 9.17) is 9.47 Å². The van der Waals surface area contributed by atoms with Crippen LogP contribution in [0, 0.1) is 0 Å². The van der Waals surface area contributed by atoms with Crippen LogP contribution >= 0.6 is 0 Å². The second-order valence-electron chi connectivity index (χ2n) is 5.91. The zero-order chi connectivity index (χ0) is 18.0. The molecule has 0 spiro atoms. The van der Waals surface area contributed by atoms with Gasteiger partial charge in [0.25, 0.3) is 5.91 Å². The summed E-state index contributed by atoms with van der Waals surface area (Å²) < 4.78 is 10.7. The smallest absolute Gasteiger partial charge is 0.267 e. The Bertz CT molecular complexity index is 802. The summed E-state index contributed by atoms with van der Waals surface area (Å²) in [5.41, 5.74) is 2.19. The van der Waals surface area contributed by atoms with Crippen molar-refractivity contribution in [2.45, 2.75) is 19.4 Å². The number of amides is 2. The van der Waals surface area contributed by atoms with Crippen LogP contribution in [0.1, 0.15) is 12.5 Å². The lowest BCUT2D eigenvalue weighted by atomic mass is 10.1. The highest BCUT2D eigenvalue weighted by atomic mass is 16.5. The highest BCUT2D eigenvalue weighted by Crippen LogP contribution is 2.34. The molecule has 0 radical (unpaired) electrons. The van der Waals surface area contributed by atoms with Gasteiger partial charge in [0.1, 0.15) is 11.5 Å². The number of fused-ring (bicyclic) bond motifs is 1. The Balaban J connectivity index is 1.70. The average molecular weight is 340 g/mol. The van der Waals surface area contributed by atoms with E-state index < -0.39 is 6.10 Å². The summed E-state index contributed by atoms with van der Waals surface area (Å²) in [4.78, 5) is 25.8. The minimum atomic E-state index is -0.498. The molecule has 0 fully saturated rings. The molecule has 2 aromatic carbocycles. The zero-order valence-corrected chi connectivity index (χ0v) is 14.4. The molecule has 1 aliphatic heterocycles. The summed E-state index contributed by atoms with van der Waals surface area (Å²) in [6, 6.07) is 12.6. The standard InChI is InChI=1S/C19H20N2O4/c1-12-19(23)21(2)16-10-13(4-9-17(16)25-12)11-18(22)20-14-5-7-15(24-3)8-6-14/h4-10,12H,11H2,1-3H3,(H,20,22). The minimum Gasteiger partial charge on any atom is -0.497 e. The van der Waals surface area contributed by atoms with Crippen LogP contribution in [0.2, 0.25) is 0 Å². The molecule has 1 heterocycles. The zero-order valence-electron chi connectivity index (χ0n) is 14.4. The Kier molecular flexibility index (Phi) is 4.61. The Morgan fingerprint density at radius 2 is 1.96 bits per heavy atom. The third-order valence-electron chi connectivity index (χ3n) is 4.11. The third-order valence-corrected chi connectivity index (χ3v) is 4.11. The molecule has 1 aliphatic rings. The molecule has 1 N–H and O–H groups in total. The summed E-state index contributed by atoms with van der Waals surface area (Å²) in [7, 11) is 3.30. The number of likely N-dealkylation sites (N-methyl/N-ethyl adjacent to an activating group) is 1. The van der Waals surface area contributed by atoms with E-state index in [9.17, 15) is 9.59 Å². The first kappa shape index (κ1) is 16.8. The van der Waals surface area contributed by atoms with E-state index in [-0.39, 0.29) is 18.2 Å². The van der Waals surface area contributed by atoms with Crippen LogP contribution in [0.4, 0.5) is 11.4 Å². The van der Waals surface area contributed by atoms with Gasteiger partial charge in [-0.15, -0.1) is 0 Å². The number of carbonyl (C=O) groups excluding carboxylic acids is 2. The average Bonchev–Trinajstić information content (AvgIpc) is 2.61. The van der Waals surface area contributed by atoms with Gasteiger partial charge in [-0.05, 0) is 48.9 Å². The fourth-order valence-corrected chi connectivity index (χ4v) is 2.73. The number of methoxy groups -OCH3 is 1. The Morgan fingerprint density at radius 3 is 2.64 bits per heavy atom. The Labute approximate surface area is 146 Å². The van der Waals surface area contributed by atoms with Gasteiger partial charge in [-0.25, -0.2) is 0 Å². The summed E-state index contributed by atoms with van der Waals surface area (Å²) in [6.45, 7) is 1.72. The fraction of sp³-hybridized carbons (Fsp3) is 0.263. The number of carbonyl (C=O) groups is 2. The number of benzene rings is 2. The molecule has 0 saturated heterocycles. The van der Waals surface area contributed by atoms with Crippen molar-refractivity contribution in [3.8, 4) is 11.5 Å². The Hall–Kier alpha value is -3.02. The molecule has 0 aliphatic carbocycles. The number of nitrogens with zero attached hydrogens (tertiary/aromatic N) is 1. The number of rotatable bonds is 4. The quantitative estimate of drug-likeness (QED) is 0.929. The second-order valence-corrected chi connectivity index (χ2v) is 5.91. The topological polar surface area (TPSA) is 67.9 Å². The molecule has 1 unspecified atom stereocenters. The van der Waals surface area contributed by atoms with E-state index in [1.807, 2.05) is 12.1 Å². The lowest BCUT2D eigenvalue weighted by Gasteiger charge is -2.30. The minimum absolute atomic E-state index is 0.104. The largest absolute Gasteiger partial charge is 0.497 e. The molecule has 2 aromatic rings. The molecule has 0 bridgehead atoms. The van der Waals surface area contributed by atoms with Crippen LogP contribution in [0.25, 0.3) is 0 Å². The first-order chi connectivity index (χ1) is 12.0. The van der Waals surface area contributed by atoms with Crippen molar-refractivity contribution < 1.29 is 19.1 Å². The fourth-order valence-electron chi connectivity index (χ4n) is 2.73. The molecule has 1 atom stereocenters. The Morgan fingerprint density at radius 1 is 1.24 bits per heavy atom. The summed E-state index contributed by atoms with van der Waals surface area (Å²) in [6.07, 6.45) is -0.293. The van der Waals surface area contributed by atoms with Crippen molar-refractivity contribution in [3.05, 3.63) is 48.0 Å². The van der Waals surface area contributed by atoms with Crippen molar-refractivity contribution >= 4 is 23.2 Å². The van der Waals surface area contributed by atoms with Crippen LogP contribution in [-0.2, 0) is 16.0 Å². The van der Waals surface area contributed by atoms with E-state index in [0.717, 1.165) is 11.3 Å².